The first-order chi connectivity index (χ1) is 19.3. The second-order valence-corrected chi connectivity index (χ2v) is 13.0. The van der Waals surface area contributed by atoms with Crippen molar-refractivity contribution >= 4 is 27.5 Å². The topological polar surface area (TPSA) is 96.0 Å². The van der Waals surface area contributed by atoms with Gasteiger partial charge in [-0.25, -0.2) is 8.42 Å². The SMILES string of the molecule is CC[C@@H](C(=O)NC(C)(C)C)N(Cc1cccc(OC)c1)C(=O)CN(c1cc(C)ccc1C)S(=O)(=O)c1ccccc1. The van der Waals surface area contributed by atoms with E-state index >= 15 is 0 Å². The van der Waals surface area contributed by atoms with Gasteiger partial charge in [-0.2, -0.15) is 0 Å². The molecular formula is C32H41N3O5S. The van der Waals surface area contributed by atoms with Gasteiger partial charge in [0, 0.05) is 12.1 Å². The molecule has 8 nitrogen and oxygen atoms in total. The summed E-state index contributed by atoms with van der Waals surface area (Å²) in [5.74, 6) is -0.185. The van der Waals surface area contributed by atoms with Crippen LogP contribution in [0.1, 0.15) is 50.8 Å². The van der Waals surface area contributed by atoms with Crippen molar-refractivity contribution in [1.29, 1.82) is 0 Å². The Morgan fingerprint density at radius 1 is 0.951 bits per heavy atom. The van der Waals surface area contributed by atoms with Gasteiger partial charge in [-0.15, -0.1) is 0 Å². The summed E-state index contributed by atoms with van der Waals surface area (Å²) in [4.78, 5) is 29.2. The Morgan fingerprint density at radius 2 is 1.63 bits per heavy atom. The van der Waals surface area contributed by atoms with Crippen molar-refractivity contribution in [2.24, 2.45) is 0 Å². The van der Waals surface area contributed by atoms with Crippen LogP contribution in [0.3, 0.4) is 0 Å². The molecule has 220 valence electrons. The summed E-state index contributed by atoms with van der Waals surface area (Å²) >= 11 is 0. The molecule has 0 aromatic heterocycles. The average molecular weight is 580 g/mol. The molecule has 0 saturated heterocycles. The molecule has 1 atom stereocenters. The Bertz CT molecular complexity index is 1470. The lowest BCUT2D eigenvalue weighted by atomic mass is 10.1. The second-order valence-electron chi connectivity index (χ2n) is 11.2. The molecule has 3 aromatic carbocycles. The number of nitrogens with one attached hydrogen (secondary N) is 1. The number of rotatable bonds is 11. The maximum atomic E-state index is 14.2. The van der Waals surface area contributed by atoms with Gasteiger partial charge in [-0.3, -0.25) is 13.9 Å². The van der Waals surface area contributed by atoms with Crippen LogP contribution >= 0.6 is 0 Å². The van der Waals surface area contributed by atoms with Gasteiger partial charge in [0.25, 0.3) is 10.0 Å². The molecular weight excluding hydrogens is 538 g/mol. The van der Waals surface area contributed by atoms with Crippen LogP contribution in [0.25, 0.3) is 0 Å². The number of aryl methyl sites for hydroxylation is 2. The van der Waals surface area contributed by atoms with E-state index in [1.807, 2.05) is 65.8 Å². The number of nitrogens with zero attached hydrogens (tertiary/aromatic N) is 2. The molecule has 0 spiro atoms. The molecule has 0 bridgehead atoms. The number of ether oxygens (including phenoxy) is 1. The average Bonchev–Trinajstić information content (AvgIpc) is 2.92. The maximum Gasteiger partial charge on any atom is 0.264 e. The second kappa shape index (κ2) is 13.2. The van der Waals surface area contributed by atoms with Crippen molar-refractivity contribution in [2.75, 3.05) is 18.0 Å². The molecule has 0 fully saturated rings. The molecule has 3 aromatic rings. The first-order valence-electron chi connectivity index (χ1n) is 13.7. The fourth-order valence-corrected chi connectivity index (χ4v) is 6.05. The van der Waals surface area contributed by atoms with Crippen LogP contribution in [-0.4, -0.2) is 50.4 Å². The largest absolute Gasteiger partial charge is 0.497 e. The highest BCUT2D eigenvalue weighted by Crippen LogP contribution is 2.29. The molecule has 0 unspecified atom stereocenters. The molecule has 3 rings (SSSR count). The van der Waals surface area contributed by atoms with Gasteiger partial charge < -0.3 is 15.0 Å². The summed E-state index contributed by atoms with van der Waals surface area (Å²) in [6.07, 6.45) is 0.340. The van der Waals surface area contributed by atoms with E-state index in [1.54, 1.807) is 43.5 Å². The van der Waals surface area contributed by atoms with Crippen LogP contribution in [0, 0.1) is 13.8 Å². The number of hydrogen-bond acceptors (Lipinski definition) is 5. The fourth-order valence-electron chi connectivity index (χ4n) is 4.56. The van der Waals surface area contributed by atoms with Crippen molar-refractivity contribution in [3.8, 4) is 5.75 Å². The summed E-state index contributed by atoms with van der Waals surface area (Å²) < 4.78 is 34.6. The van der Waals surface area contributed by atoms with Gasteiger partial charge >= 0.3 is 0 Å². The van der Waals surface area contributed by atoms with E-state index in [1.165, 1.54) is 17.0 Å². The Hall–Kier alpha value is -3.85. The summed E-state index contributed by atoms with van der Waals surface area (Å²) in [5, 5.41) is 2.98. The van der Waals surface area contributed by atoms with Gasteiger partial charge in [0.05, 0.1) is 17.7 Å². The zero-order chi connectivity index (χ0) is 30.4. The summed E-state index contributed by atoms with van der Waals surface area (Å²) in [5.41, 5.74) is 2.21. The number of benzene rings is 3. The summed E-state index contributed by atoms with van der Waals surface area (Å²) in [6, 6.07) is 20.0. The molecule has 0 aliphatic rings. The molecule has 41 heavy (non-hydrogen) atoms. The third-order valence-electron chi connectivity index (χ3n) is 6.61. The zero-order valence-corrected chi connectivity index (χ0v) is 25.8. The Morgan fingerprint density at radius 3 is 2.24 bits per heavy atom. The first kappa shape index (κ1) is 31.7. The van der Waals surface area contributed by atoms with Gasteiger partial charge in [0.2, 0.25) is 11.8 Å². The Labute approximate surface area is 244 Å². The van der Waals surface area contributed by atoms with E-state index in [0.29, 0.717) is 23.4 Å². The van der Waals surface area contributed by atoms with E-state index in [4.69, 9.17) is 4.74 Å². The van der Waals surface area contributed by atoms with Gasteiger partial charge in [0.15, 0.2) is 0 Å². The lowest BCUT2D eigenvalue weighted by molar-refractivity contribution is -0.141. The Kier molecular flexibility index (Phi) is 10.2. The molecule has 0 aliphatic carbocycles. The van der Waals surface area contributed by atoms with Crippen LogP contribution in [0.2, 0.25) is 0 Å². The van der Waals surface area contributed by atoms with Crippen LogP contribution in [0.15, 0.2) is 77.7 Å². The molecule has 1 N–H and O–H groups in total. The van der Waals surface area contributed by atoms with E-state index in [9.17, 15) is 18.0 Å². The predicted molar refractivity (Wildman–Crippen MR) is 162 cm³/mol. The molecule has 2 amide bonds. The van der Waals surface area contributed by atoms with Crippen molar-refractivity contribution in [2.45, 2.75) is 71.0 Å². The third-order valence-corrected chi connectivity index (χ3v) is 8.39. The van der Waals surface area contributed by atoms with Crippen molar-refractivity contribution in [3.05, 3.63) is 89.5 Å². The van der Waals surface area contributed by atoms with Crippen LogP contribution in [-0.2, 0) is 26.2 Å². The first-order valence-corrected chi connectivity index (χ1v) is 15.1. The highest BCUT2D eigenvalue weighted by Gasteiger charge is 2.35. The van der Waals surface area contributed by atoms with Crippen LogP contribution in [0.5, 0.6) is 5.75 Å². The number of methoxy groups -OCH3 is 1. The maximum absolute atomic E-state index is 14.2. The fraction of sp³-hybridized carbons (Fsp3) is 0.375. The molecule has 0 radical (unpaired) electrons. The van der Waals surface area contributed by atoms with Gasteiger partial charge in [-0.1, -0.05) is 49.4 Å². The number of sulfonamides is 1. The van der Waals surface area contributed by atoms with Gasteiger partial charge in [-0.05, 0) is 88.1 Å². The van der Waals surface area contributed by atoms with Gasteiger partial charge in [0.1, 0.15) is 18.3 Å². The minimum Gasteiger partial charge on any atom is -0.497 e. The van der Waals surface area contributed by atoms with Crippen LogP contribution in [0.4, 0.5) is 5.69 Å². The lowest BCUT2D eigenvalue weighted by Gasteiger charge is -2.35. The minimum atomic E-state index is -4.12. The van der Waals surface area contributed by atoms with E-state index in [-0.39, 0.29) is 17.3 Å². The third kappa shape index (κ3) is 8.10. The van der Waals surface area contributed by atoms with Crippen molar-refractivity contribution < 1.29 is 22.7 Å². The number of carbonyl (C=O) groups is 2. The zero-order valence-electron chi connectivity index (χ0n) is 25.0. The van der Waals surface area contributed by atoms with Crippen molar-refractivity contribution in [3.63, 3.8) is 0 Å². The number of carbonyl (C=O) groups excluding carboxylic acids is 2. The molecule has 9 heteroatoms. The van der Waals surface area contributed by atoms with Crippen LogP contribution < -0.4 is 14.4 Å². The monoisotopic (exact) mass is 579 g/mol. The summed E-state index contributed by atoms with van der Waals surface area (Å²) in [6.45, 7) is 10.8. The quantitative estimate of drug-likeness (QED) is 0.336. The standard InChI is InChI=1S/C32H41N3O5S/c1-8-28(31(37)33-32(4,5)6)34(21-25-13-12-14-26(20-25)40-7)30(36)22-35(29-19-23(2)17-18-24(29)3)41(38,39)27-15-10-9-11-16-27/h9-20,28H,8,21-22H2,1-7H3,(H,33,37)/t28-/m0/s1. The number of anilines is 1. The Balaban J connectivity index is 2.11. The highest BCUT2D eigenvalue weighted by molar-refractivity contribution is 7.92. The molecule has 0 aliphatic heterocycles. The van der Waals surface area contributed by atoms with E-state index in [0.717, 1.165) is 15.4 Å². The molecule has 0 saturated carbocycles. The number of amides is 2. The normalized spacial score (nSPS) is 12.4. The summed E-state index contributed by atoms with van der Waals surface area (Å²) in [7, 11) is -2.56. The highest BCUT2D eigenvalue weighted by atomic mass is 32.2. The predicted octanol–water partition coefficient (Wildman–Crippen LogP) is 5.23. The van der Waals surface area contributed by atoms with E-state index in [2.05, 4.69) is 5.32 Å². The lowest BCUT2D eigenvalue weighted by Crippen LogP contribution is -2.55. The smallest absolute Gasteiger partial charge is 0.264 e. The van der Waals surface area contributed by atoms with E-state index < -0.39 is 34.1 Å². The van der Waals surface area contributed by atoms with Crippen molar-refractivity contribution in [1.82, 2.24) is 10.2 Å². The minimum absolute atomic E-state index is 0.0746. The number of hydrogen-bond donors (Lipinski definition) is 1. The molecule has 0 heterocycles.